The van der Waals surface area contributed by atoms with Gasteiger partial charge in [0.25, 0.3) is 0 Å². The molecule has 0 radical (unpaired) electrons. The molecule has 0 bridgehead atoms. The predicted octanol–water partition coefficient (Wildman–Crippen LogP) is 13.9. The van der Waals surface area contributed by atoms with E-state index in [4.69, 9.17) is 9.47 Å². The van der Waals surface area contributed by atoms with Crippen LogP contribution in [0.2, 0.25) is 0 Å². The number of ketones is 9. The first-order valence-electron chi connectivity index (χ1n) is 34.5. The fraction of sp³-hybridized carbons (Fsp3) is 0.685. The maximum atomic E-state index is 11.2. The Morgan fingerprint density at radius 2 is 0.979 bits per heavy atom. The smallest absolute Gasteiger partial charge is 0.222 e. The van der Waals surface area contributed by atoms with Gasteiger partial charge in [-0.05, 0) is 39.0 Å². The summed E-state index contributed by atoms with van der Waals surface area (Å²) < 4.78 is 9.87. The van der Waals surface area contributed by atoms with Crippen molar-refractivity contribution in [1.29, 1.82) is 0 Å². The Kier molecular flexibility index (Phi) is 61.0. The van der Waals surface area contributed by atoms with Crippen LogP contribution in [0.25, 0.3) is 0 Å². The molecule has 1 aromatic carbocycles. The van der Waals surface area contributed by atoms with Gasteiger partial charge in [-0.15, -0.1) is 0 Å². The van der Waals surface area contributed by atoms with E-state index in [2.05, 4.69) is 30.5 Å². The molecule has 1 saturated carbocycles. The molecule has 0 atom stereocenters. The van der Waals surface area contributed by atoms with E-state index in [0.29, 0.717) is 130 Å². The first-order valence-corrected chi connectivity index (χ1v) is 34.5. The van der Waals surface area contributed by atoms with Gasteiger partial charge in [0.05, 0.1) is 18.8 Å². The van der Waals surface area contributed by atoms with Gasteiger partial charge >= 0.3 is 0 Å². The van der Waals surface area contributed by atoms with Crippen LogP contribution < -0.4 is 5.32 Å². The highest BCUT2D eigenvalue weighted by atomic mass is 16.7. The number of hydrogen-bond donors (Lipinski definition) is 2. The molecule has 2 aromatic heterocycles. The minimum Gasteiger partial charge on any atom is -0.344 e. The van der Waals surface area contributed by atoms with Gasteiger partial charge in [0.1, 0.15) is 41.6 Å². The van der Waals surface area contributed by atoms with Crippen LogP contribution in [0.5, 0.6) is 0 Å². The van der Waals surface area contributed by atoms with E-state index in [9.17, 15) is 52.7 Å². The van der Waals surface area contributed by atoms with E-state index in [1.54, 1.807) is 20.8 Å². The van der Waals surface area contributed by atoms with E-state index in [0.717, 1.165) is 64.1 Å². The van der Waals surface area contributed by atoms with Crippen LogP contribution in [-0.4, -0.2) is 158 Å². The standard InChI is InChI=1S/C9H16O.C9H10O.C8H15NO.C7H8N2O.C7H14N2O.C7H14O.C6H10O3.C6H12O.C5H7N3O.C5H10O.C4H8O/c2*1-2-9(10)8-6-4-3-5-7-8;1-2-8(10)9-6-4-3-5-7-9;1-2-7(10)6-3-8-5-9-4-6;1-2-7(10)9-5-3-8-4-6-9;1-5-6(8)7(2,3)4;1-2-5(7)6-8-3-4-9-6;1-4-6(7)5(2)3;1-2-4(9)5-6-3-7-8-5;1-3-5(6)4-2;1-3-4(2)5/h8H,2-7H2,1H3;3-7H,2H2,1H3;2-7H2,1H3;3-5H,2H2,1H3;8H,2-6H2,1H3;5H2,1-4H3;6H,2-4H2,1H3;5H,4H2,1-3H3;3H,2H2,1H3,(H,6,7,8);3-4H2,1-2H3;3H2,1-2H3. The zero-order chi connectivity index (χ0) is 72.3. The van der Waals surface area contributed by atoms with Crippen LogP contribution in [0, 0.1) is 17.3 Å². The number of ether oxygens (including phenoxy) is 2. The van der Waals surface area contributed by atoms with E-state index >= 15 is 0 Å². The van der Waals surface area contributed by atoms with Crippen molar-refractivity contribution in [2.75, 3.05) is 52.5 Å². The molecule has 4 aliphatic rings. The van der Waals surface area contributed by atoms with Gasteiger partial charge in [0.15, 0.2) is 29.0 Å². The fourth-order valence-electron chi connectivity index (χ4n) is 8.10. The molecule has 1 aliphatic carbocycles. The molecule has 0 unspecified atom stereocenters. The zero-order valence-corrected chi connectivity index (χ0v) is 61.2. The summed E-state index contributed by atoms with van der Waals surface area (Å²) in [5, 5.41) is 9.21. The van der Waals surface area contributed by atoms with Crippen molar-refractivity contribution in [3.8, 4) is 0 Å². The Balaban J connectivity index is -0.000000477. The summed E-state index contributed by atoms with van der Waals surface area (Å²) in [5.41, 5.74) is 1.27. The molecule has 0 spiro atoms. The average Bonchev–Trinajstić information content (AvgIpc) is 4.40. The lowest BCUT2D eigenvalue weighted by Crippen LogP contribution is -2.46. The van der Waals surface area contributed by atoms with E-state index < -0.39 is 6.29 Å². The lowest BCUT2D eigenvalue weighted by Gasteiger charge is -2.26. The minimum absolute atomic E-state index is 0.00694. The third-order valence-electron chi connectivity index (χ3n) is 14.5. The molecule has 3 aliphatic heterocycles. The number of Topliss-reactive ketones (excluding diaryl/α,β-unsaturated/α-hetero) is 9. The maximum absolute atomic E-state index is 11.2. The van der Waals surface area contributed by atoms with Crippen LogP contribution in [0.3, 0.4) is 0 Å². The highest BCUT2D eigenvalue weighted by molar-refractivity contribution is 5.96. The number of rotatable bonds is 18. The molecule has 5 heterocycles. The van der Waals surface area contributed by atoms with Crippen LogP contribution in [0.4, 0.5) is 0 Å². The fourth-order valence-corrected chi connectivity index (χ4v) is 8.10. The van der Waals surface area contributed by atoms with E-state index in [1.807, 2.05) is 144 Å². The number of carbonyl (C=O) groups is 11. The number of aromatic nitrogens is 5. The first-order chi connectivity index (χ1) is 44.6. The van der Waals surface area contributed by atoms with Gasteiger partial charge in [0, 0.05) is 152 Å². The molecule has 21 heteroatoms. The van der Waals surface area contributed by atoms with E-state index in [-0.39, 0.29) is 46.2 Å². The van der Waals surface area contributed by atoms with Crippen molar-refractivity contribution < 1.29 is 62.2 Å². The molecule has 4 fully saturated rings. The van der Waals surface area contributed by atoms with Gasteiger partial charge in [-0.3, -0.25) is 53.0 Å². The summed E-state index contributed by atoms with van der Waals surface area (Å²) in [6.07, 6.45) is 22.6. The largest absolute Gasteiger partial charge is 0.344 e. The highest BCUT2D eigenvalue weighted by Gasteiger charge is 2.23. The second kappa shape index (κ2) is 61.2. The quantitative estimate of drug-likeness (QED) is 0.112. The Morgan fingerprint density at radius 1 is 0.521 bits per heavy atom. The second-order valence-electron chi connectivity index (χ2n) is 23.3. The first kappa shape index (κ1) is 93.7. The van der Waals surface area contributed by atoms with Crippen molar-refractivity contribution in [3.05, 3.63) is 72.3 Å². The maximum Gasteiger partial charge on any atom is 0.222 e. The Labute approximate surface area is 565 Å². The Hall–Kier alpha value is -6.71. The van der Waals surface area contributed by atoms with Crippen molar-refractivity contribution in [2.45, 2.75) is 259 Å². The number of amides is 2. The summed E-state index contributed by atoms with van der Waals surface area (Å²) in [6.45, 7) is 40.5. The molecule has 2 amide bonds. The Bertz CT molecular complexity index is 2350. The zero-order valence-electron chi connectivity index (χ0n) is 61.2. The number of carbonyl (C=O) groups excluding carboxylic acids is 11. The van der Waals surface area contributed by atoms with Gasteiger partial charge in [0.2, 0.25) is 18.1 Å². The van der Waals surface area contributed by atoms with Crippen molar-refractivity contribution in [2.24, 2.45) is 17.3 Å². The normalized spacial score (nSPS) is 13.8. The van der Waals surface area contributed by atoms with Crippen molar-refractivity contribution in [3.63, 3.8) is 0 Å². The number of piperazine rings is 1. The topological polar surface area (TPSA) is 292 Å². The Morgan fingerprint density at radius 3 is 1.32 bits per heavy atom. The van der Waals surface area contributed by atoms with E-state index in [1.165, 1.54) is 63.6 Å². The number of likely N-dealkylation sites (tertiary alicyclic amines) is 1. The van der Waals surface area contributed by atoms with Crippen LogP contribution >= 0.6 is 0 Å². The minimum atomic E-state index is -0.560. The molecule has 21 nitrogen and oxygen atoms in total. The van der Waals surface area contributed by atoms with Gasteiger partial charge in [-0.25, -0.2) is 15.0 Å². The summed E-state index contributed by atoms with van der Waals surface area (Å²) in [4.78, 5) is 133. The van der Waals surface area contributed by atoms with Gasteiger partial charge < -0.3 is 29.4 Å². The summed E-state index contributed by atoms with van der Waals surface area (Å²) in [7, 11) is 0. The molecular formula is C73H124N8O13. The van der Waals surface area contributed by atoms with Crippen molar-refractivity contribution >= 4 is 63.9 Å². The lowest BCUT2D eigenvalue weighted by molar-refractivity contribution is -0.143. The molecular weight excluding hydrogens is 1200 g/mol. The third kappa shape index (κ3) is 50.7. The molecule has 534 valence electrons. The molecule has 2 N–H and O–H groups in total. The molecule has 94 heavy (non-hydrogen) atoms. The predicted molar refractivity (Wildman–Crippen MR) is 373 cm³/mol. The number of nitrogens with one attached hydrogen (secondary N) is 2. The van der Waals surface area contributed by atoms with Crippen LogP contribution in [0.1, 0.15) is 284 Å². The third-order valence-corrected chi connectivity index (χ3v) is 14.5. The molecule has 3 aromatic rings. The molecule has 3 saturated heterocycles. The number of piperidine rings is 1. The second-order valence-corrected chi connectivity index (χ2v) is 23.3. The monoisotopic (exact) mass is 1320 g/mol. The number of aromatic amines is 1. The number of nitrogens with zero attached hydrogens (tertiary/aromatic N) is 6. The highest BCUT2D eigenvalue weighted by Crippen LogP contribution is 2.25. The van der Waals surface area contributed by atoms with Crippen LogP contribution in [0.15, 0.2) is 55.4 Å². The number of H-pyrrole nitrogens is 1. The SMILES string of the molecule is CCC(=O)C(C)(C)C.CCC(=O)C(C)C.CCC(=O)C1CCCCC1.CCC(=O)C1OCCO1.CCC(=O)CC.CCC(=O)N1CCCCC1.CCC(=O)N1CCNCC1.CCC(=O)c1ccccc1.CCC(=O)c1cncnc1.CCC(=O)c1ncn[nH]1.CCC(C)=O. The summed E-state index contributed by atoms with van der Waals surface area (Å²) in [5.74, 6) is 3.68. The lowest BCUT2D eigenvalue weighted by atomic mass is 9.85. The van der Waals surface area contributed by atoms with Crippen molar-refractivity contribution in [1.82, 2.24) is 40.3 Å². The van der Waals surface area contributed by atoms with Gasteiger partial charge in [-0.1, -0.05) is 167 Å². The van der Waals surface area contributed by atoms with Crippen LogP contribution in [-0.2, 0) is 47.8 Å². The average molecular weight is 1320 g/mol. The summed E-state index contributed by atoms with van der Waals surface area (Å²) >= 11 is 0. The number of hydrogen-bond acceptors (Lipinski definition) is 18. The molecule has 7 rings (SSSR count). The van der Waals surface area contributed by atoms with Gasteiger partial charge in [-0.2, -0.15) is 5.10 Å². The summed E-state index contributed by atoms with van der Waals surface area (Å²) in [6, 6.07) is 9.34. The number of benzene rings is 1.